The topological polar surface area (TPSA) is 39.7 Å². The number of hydrogen-bond acceptors (Lipinski definition) is 1. The number of anilines is 1. The van der Waals surface area contributed by atoms with Crippen molar-refractivity contribution in [2.75, 3.05) is 5.43 Å². The Morgan fingerprint density at radius 1 is 1.45 bits per heavy atom. The predicted octanol–water partition coefficient (Wildman–Crippen LogP) is -1.84. The third-order valence-electron chi connectivity index (χ3n) is 1.12. The van der Waals surface area contributed by atoms with E-state index >= 15 is 0 Å². The SMILES string of the molecule is [Cl-].[NH3+]Nc1ccc(F)cc1Br. The van der Waals surface area contributed by atoms with Crippen molar-refractivity contribution in [1.29, 1.82) is 0 Å². The fourth-order valence-electron chi connectivity index (χ4n) is 0.633. The van der Waals surface area contributed by atoms with Crippen molar-refractivity contribution in [1.82, 2.24) is 0 Å². The molecule has 0 unspecified atom stereocenters. The van der Waals surface area contributed by atoms with E-state index in [2.05, 4.69) is 27.2 Å². The quantitative estimate of drug-likeness (QED) is 0.558. The second kappa shape index (κ2) is 4.54. The first-order valence-corrected chi connectivity index (χ1v) is 3.51. The number of benzene rings is 1. The van der Waals surface area contributed by atoms with Crippen molar-refractivity contribution in [2.24, 2.45) is 0 Å². The Morgan fingerprint density at radius 3 is 2.55 bits per heavy atom. The summed E-state index contributed by atoms with van der Waals surface area (Å²) in [4.78, 5) is 0. The molecule has 0 aliphatic carbocycles. The van der Waals surface area contributed by atoms with Crippen LogP contribution < -0.4 is 23.7 Å². The van der Waals surface area contributed by atoms with E-state index in [9.17, 15) is 4.39 Å². The van der Waals surface area contributed by atoms with Gasteiger partial charge in [0.25, 0.3) is 0 Å². The van der Waals surface area contributed by atoms with Gasteiger partial charge in [-0.15, -0.1) is 0 Å². The van der Waals surface area contributed by atoms with Crippen LogP contribution >= 0.6 is 15.9 Å². The summed E-state index contributed by atoms with van der Waals surface area (Å²) in [7, 11) is 0. The molecule has 0 fully saturated rings. The normalized spacial score (nSPS) is 8.64. The van der Waals surface area contributed by atoms with Crippen molar-refractivity contribution in [2.45, 2.75) is 0 Å². The molecule has 62 valence electrons. The molecule has 0 aromatic heterocycles. The maximum Gasteiger partial charge on any atom is 0.124 e. The minimum absolute atomic E-state index is 0. The molecular weight excluding hydrogens is 234 g/mol. The van der Waals surface area contributed by atoms with Crippen molar-refractivity contribution in [3.8, 4) is 0 Å². The molecule has 0 saturated heterocycles. The molecule has 5 heteroatoms. The van der Waals surface area contributed by atoms with Crippen LogP contribution in [0.25, 0.3) is 0 Å². The predicted molar refractivity (Wildman–Crippen MR) is 40.6 cm³/mol. The summed E-state index contributed by atoms with van der Waals surface area (Å²) in [6, 6.07) is 4.37. The minimum Gasteiger partial charge on any atom is -1.00 e. The molecule has 0 saturated carbocycles. The molecule has 0 heterocycles. The number of halogens is 3. The van der Waals surface area contributed by atoms with Crippen LogP contribution in [0.2, 0.25) is 0 Å². The van der Waals surface area contributed by atoms with Crippen molar-refractivity contribution in [3.63, 3.8) is 0 Å². The Bertz CT molecular complexity index is 244. The summed E-state index contributed by atoms with van der Waals surface area (Å²) < 4.78 is 13.1. The lowest BCUT2D eigenvalue weighted by molar-refractivity contribution is -0.325. The molecule has 0 aliphatic rings. The fraction of sp³-hybridized carbons (Fsp3) is 0. The number of quaternary nitrogens is 1. The van der Waals surface area contributed by atoms with Gasteiger partial charge in [-0.3, -0.25) is 5.84 Å². The number of hydrogen-bond donors (Lipinski definition) is 2. The first-order valence-electron chi connectivity index (χ1n) is 2.72. The summed E-state index contributed by atoms with van der Waals surface area (Å²) in [5.74, 6) is 3.19. The molecule has 0 amide bonds. The highest BCUT2D eigenvalue weighted by molar-refractivity contribution is 9.10. The molecule has 11 heavy (non-hydrogen) atoms. The average Bonchev–Trinajstić information content (AvgIpc) is 1.88. The van der Waals surface area contributed by atoms with Crippen LogP contribution in [0.1, 0.15) is 0 Å². The third-order valence-corrected chi connectivity index (χ3v) is 1.78. The van der Waals surface area contributed by atoms with Crippen LogP contribution in [0.15, 0.2) is 22.7 Å². The highest BCUT2D eigenvalue weighted by atomic mass is 79.9. The lowest BCUT2D eigenvalue weighted by Crippen LogP contribution is -3.00. The van der Waals surface area contributed by atoms with E-state index in [0.29, 0.717) is 4.47 Å². The van der Waals surface area contributed by atoms with Gasteiger partial charge in [0, 0.05) is 4.47 Å². The van der Waals surface area contributed by atoms with Gasteiger partial charge < -0.3 is 12.4 Å². The Balaban J connectivity index is 0.000001000. The van der Waals surface area contributed by atoms with Gasteiger partial charge >= 0.3 is 0 Å². The van der Waals surface area contributed by atoms with E-state index < -0.39 is 0 Å². The lowest BCUT2D eigenvalue weighted by atomic mass is 10.3. The largest absolute Gasteiger partial charge is 1.00 e. The van der Waals surface area contributed by atoms with Crippen molar-refractivity contribution in [3.05, 3.63) is 28.5 Å². The van der Waals surface area contributed by atoms with Crippen molar-refractivity contribution >= 4 is 21.6 Å². The first-order chi connectivity index (χ1) is 4.74. The van der Waals surface area contributed by atoms with Gasteiger partial charge in [-0.05, 0) is 34.1 Å². The van der Waals surface area contributed by atoms with E-state index in [1.165, 1.54) is 12.1 Å². The monoisotopic (exact) mass is 240 g/mol. The van der Waals surface area contributed by atoms with Crippen molar-refractivity contribution < 1.29 is 22.6 Å². The van der Waals surface area contributed by atoms with E-state index in [1.807, 2.05) is 0 Å². The molecule has 1 aromatic carbocycles. The van der Waals surface area contributed by atoms with E-state index in [1.54, 1.807) is 6.07 Å². The second-order valence-corrected chi connectivity index (χ2v) is 2.66. The van der Waals surface area contributed by atoms with Gasteiger partial charge in [0.15, 0.2) is 0 Å². The maximum absolute atomic E-state index is 12.4. The smallest absolute Gasteiger partial charge is 0.124 e. The fourth-order valence-corrected chi connectivity index (χ4v) is 1.12. The molecule has 0 atom stereocenters. The van der Waals surface area contributed by atoms with Crippen LogP contribution in [-0.4, -0.2) is 0 Å². The zero-order chi connectivity index (χ0) is 7.56. The summed E-state index contributed by atoms with van der Waals surface area (Å²) >= 11 is 3.16. The zero-order valence-electron chi connectivity index (χ0n) is 5.57. The molecule has 0 radical (unpaired) electrons. The second-order valence-electron chi connectivity index (χ2n) is 1.80. The van der Waals surface area contributed by atoms with E-state index in [-0.39, 0.29) is 18.2 Å². The molecule has 1 aromatic rings. The van der Waals surface area contributed by atoms with Gasteiger partial charge in [0.1, 0.15) is 5.82 Å². The van der Waals surface area contributed by atoms with E-state index in [0.717, 1.165) is 5.69 Å². The van der Waals surface area contributed by atoms with Crippen LogP contribution in [0.3, 0.4) is 0 Å². The lowest BCUT2D eigenvalue weighted by Gasteiger charge is -1.98. The Hall–Kier alpha value is -0.320. The van der Waals surface area contributed by atoms with E-state index in [4.69, 9.17) is 0 Å². The van der Waals surface area contributed by atoms with Crippen LogP contribution in [0.4, 0.5) is 10.1 Å². The van der Waals surface area contributed by atoms with Gasteiger partial charge in [-0.25, -0.2) is 9.82 Å². The molecule has 0 bridgehead atoms. The molecule has 0 spiro atoms. The molecule has 4 N–H and O–H groups in total. The Morgan fingerprint density at radius 2 is 2.09 bits per heavy atom. The van der Waals surface area contributed by atoms with Crippen LogP contribution in [0, 0.1) is 5.82 Å². The highest BCUT2D eigenvalue weighted by Gasteiger charge is 1.98. The molecule has 1 rings (SSSR count). The Kier molecular flexibility index (Phi) is 4.40. The van der Waals surface area contributed by atoms with Gasteiger partial charge in [0.2, 0.25) is 0 Å². The Labute approximate surface area is 78.5 Å². The number of rotatable bonds is 1. The summed E-state index contributed by atoms with van der Waals surface area (Å²) in [6.45, 7) is 0. The number of nitrogens with one attached hydrogen (secondary N) is 1. The summed E-state index contributed by atoms with van der Waals surface area (Å²) in [5, 5.41) is 0. The summed E-state index contributed by atoms with van der Waals surface area (Å²) in [5.41, 5.74) is 3.44. The zero-order valence-corrected chi connectivity index (χ0v) is 7.91. The first kappa shape index (κ1) is 10.7. The summed E-state index contributed by atoms with van der Waals surface area (Å²) in [6.07, 6.45) is 0. The van der Waals surface area contributed by atoms with Gasteiger partial charge in [-0.2, -0.15) is 0 Å². The third kappa shape index (κ3) is 2.65. The minimum atomic E-state index is -0.258. The van der Waals surface area contributed by atoms with Crippen LogP contribution in [-0.2, 0) is 0 Å². The highest BCUT2D eigenvalue weighted by Crippen LogP contribution is 2.21. The molecule has 2 nitrogen and oxygen atoms in total. The molecule has 0 aliphatic heterocycles. The standard InChI is InChI=1S/C6H6BrFN2.ClH/c7-5-3-4(8)1-2-6(5)10-9;/h1-3,10H,9H2;1H. The molecular formula is C6H7BrClFN2. The van der Waals surface area contributed by atoms with Gasteiger partial charge in [0.05, 0.1) is 5.69 Å². The average molecular weight is 241 g/mol. The maximum atomic E-state index is 12.4. The van der Waals surface area contributed by atoms with Gasteiger partial charge in [-0.1, -0.05) is 0 Å². The van der Waals surface area contributed by atoms with Crippen LogP contribution in [0.5, 0.6) is 0 Å².